The van der Waals surface area contributed by atoms with E-state index in [1.54, 1.807) is 4.90 Å². The fraction of sp³-hybridized carbons (Fsp3) is 0.833. The third kappa shape index (κ3) is 2.44. The molecule has 0 bridgehead atoms. The second-order valence-corrected chi connectivity index (χ2v) is 4.73. The minimum atomic E-state index is -0.410. The summed E-state index contributed by atoms with van der Waals surface area (Å²) in [6.07, 6.45) is 2.99. The second-order valence-electron chi connectivity index (χ2n) is 4.73. The molecule has 3 atom stereocenters. The highest BCUT2D eigenvalue weighted by atomic mass is 16.5. The molecule has 0 aromatic carbocycles. The molecule has 0 N–H and O–H groups in total. The number of amides is 1. The van der Waals surface area contributed by atoms with E-state index in [0.717, 1.165) is 19.3 Å². The van der Waals surface area contributed by atoms with Gasteiger partial charge in [-0.25, -0.2) is 4.79 Å². The Bertz CT molecular complexity index is 318. The Labute approximate surface area is 101 Å². The van der Waals surface area contributed by atoms with Gasteiger partial charge in [0.05, 0.1) is 13.2 Å². The number of hydrogen-bond donors (Lipinski definition) is 0. The van der Waals surface area contributed by atoms with Crippen LogP contribution in [0.4, 0.5) is 0 Å². The van der Waals surface area contributed by atoms with E-state index in [1.165, 1.54) is 7.11 Å². The van der Waals surface area contributed by atoms with Gasteiger partial charge in [0.15, 0.2) is 0 Å². The van der Waals surface area contributed by atoms with Gasteiger partial charge < -0.3 is 14.4 Å². The number of rotatable bonds is 2. The zero-order chi connectivity index (χ0) is 12.4. The molecule has 2 aliphatic heterocycles. The highest BCUT2D eigenvalue weighted by Crippen LogP contribution is 2.25. The van der Waals surface area contributed by atoms with E-state index in [1.807, 2.05) is 6.92 Å². The Kier molecular flexibility index (Phi) is 3.66. The number of ether oxygens (including phenoxy) is 2. The van der Waals surface area contributed by atoms with Crippen LogP contribution in [0.1, 0.15) is 32.6 Å². The standard InChI is InChI=1S/C12H19NO4/c1-8-5-6-10(17-8)11(14)13-7-3-4-9(13)12(15)16-2/h8-10H,3-7H2,1-2H3. The van der Waals surface area contributed by atoms with Gasteiger partial charge in [-0.1, -0.05) is 0 Å². The van der Waals surface area contributed by atoms with Crippen molar-refractivity contribution < 1.29 is 19.1 Å². The number of methoxy groups -OCH3 is 1. The molecule has 17 heavy (non-hydrogen) atoms. The SMILES string of the molecule is COC(=O)C1CCCN1C(=O)C1CCC(C)O1. The molecule has 2 heterocycles. The number of carbonyl (C=O) groups is 2. The van der Waals surface area contributed by atoms with Gasteiger partial charge in [0.25, 0.3) is 5.91 Å². The van der Waals surface area contributed by atoms with Crippen molar-refractivity contribution in [3.63, 3.8) is 0 Å². The summed E-state index contributed by atoms with van der Waals surface area (Å²) in [5.74, 6) is -0.371. The van der Waals surface area contributed by atoms with E-state index in [-0.39, 0.29) is 24.1 Å². The van der Waals surface area contributed by atoms with Gasteiger partial charge in [0, 0.05) is 6.54 Å². The molecule has 1 amide bonds. The average molecular weight is 241 g/mol. The maximum atomic E-state index is 12.2. The van der Waals surface area contributed by atoms with Crippen LogP contribution < -0.4 is 0 Å². The highest BCUT2D eigenvalue weighted by Gasteiger charge is 2.40. The lowest BCUT2D eigenvalue weighted by molar-refractivity contribution is -0.155. The molecule has 0 aromatic rings. The predicted octanol–water partition coefficient (Wildman–Crippen LogP) is 0.718. The van der Waals surface area contributed by atoms with Crippen LogP contribution in [0.25, 0.3) is 0 Å². The number of likely N-dealkylation sites (tertiary alicyclic amines) is 1. The monoisotopic (exact) mass is 241 g/mol. The van der Waals surface area contributed by atoms with Crippen LogP contribution in [-0.4, -0.2) is 48.7 Å². The van der Waals surface area contributed by atoms with Crippen molar-refractivity contribution in [3.05, 3.63) is 0 Å². The lowest BCUT2D eigenvalue weighted by atomic mass is 10.1. The summed E-state index contributed by atoms with van der Waals surface area (Å²) < 4.78 is 10.3. The van der Waals surface area contributed by atoms with E-state index in [4.69, 9.17) is 9.47 Å². The Morgan fingerprint density at radius 2 is 2.06 bits per heavy atom. The van der Waals surface area contributed by atoms with Gasteiger partial charge in [0.2, 0.25) is 0 Å². The first-order valence-electron chi connectivity index (χ1n) is 6.17. The van der Waals surface area contributed by atoms with Gasteiger partial charge in [-0.3, -0.25) is 4.79 Å². The van der Waals surface area contributed by atoms with Crippen LogP contribution in [0, 0.1) is 0 Å². The molecular formula is C12H19NO4. The number of carbonyl (C=O) groups excluding carboxylic acids is 2. The maximum absolute atomic E-state index is 12.2. The molecule has 2 fully saturated rings. The van der Waals surface area contributed by atoms with Gasteiger partial charge in [0.1, 0.15) is 12.1 Å². The minimum absolute atomic E-state index is 0.0535. The average Bonchev–Trinajstić information content (AvgIpc) is 2.95. The molecule has 3 unspecified atom stereocenters. The van der Waals surface area contributed by atoms with Crippen LogP contribution in [0.2, 0.25) is 0 Å². The Hall–Kier alpha value is -1.10. The number of esters is 1. The van der Waals surface area contributed by atoms with Crippen molar-refractivity contribution in [1.29, 1.82) is 0 Å². The fourth-order valence-corrected chi connectivity index (χ4v) is 2.58. The van der Waals surface area contributed by atoms with E-state index < -0.39 is 6.04 Å². The van der Waals surface area contributed by atoms with Crippen LogP contribution in [-0.2, 0) is 19.1 Å². The van der Waals surface area contributed by atoms with Crippen LogP contribution >= 0.6 is 0 Å². The summed E-state index contributed by atoms with van der Waals surface area (Å²) in [6.45, 7) is 2.60. The zero-order valence-corrected chi connectivity index (χ0v) is 10.3. The minimum Gasteiger partial charge on any atom is -0.467 e. The highest BCUT2D eigenvalue weighted by molar-refractivity contribution is 5.87. The van der Waals surface area contributed by atoms with Crippen LogP contribution in [0.3, 0.4) is 0 Å². The maximum Gasteiger partial charge on any atom is 0.328 e. The summed E-state index contributed by atoms with van der Waals surface area (Å²) in [4.78, 5) is 25.4. The smallest absolute Gasteiger partial charge is 0.328 e. The Balaban J connectivity index is 2.01. The molecule has 2 aliphatic rings. The lowest BCUT2D eigenvalue weighted by Crippen LogP contribution is -2.45. The van der Waals surface area contributed by atoms with Crippen LogP contribution in [0.5, 0.6) is 0 Å². The van der Waals surface area contributed by atoms with Crippen molar-refractivity contribution in [2.45, 2.75) is 50.9 Å². The van der Waals surface area contributed by atoms with Gasteiger partial charge in [-0.2, -0.15) is 0 Å². The Morgan fingerprint density at radius 3 is 2.65 bits per heavy atom. The summed E-state index contributed by atoms with van der Waals surface area (Å²) in [5.41, 5.74) is 0. The van der Waals surface area contributed by atoms with E-state index >= 15 is 0 Å². The van der Waals surface area contributed by atoms with Gasteiger partial charge in [-0.05, 0) is 32.6 Å². The number of nitrogens with zero attached hydrogens (tertiary/aromatic N) is 1. The predicted molar refractivity (Wildman–Crippen MR) is 60.3 cm³/mol. The second kappa shape index (κ2) is 5.04. The van der Waals surface area contributed by atoms with E-state index in [0.29, 0.717) is 13.0 Å². The molecule has 0 saturated carbocycles. The molecule has 96 valence electrons. The fourth-order valence-electron chi connectivity index (χ4n) is 2.58. The quantitative estimate of drug-likeness (QED) is 0.668. The largest absolute Gasteiger partial charge is 0.467 e. The van der Waals surface area contributed by atoms with Crippen molar-refractivity contribution in [3.8, 4) is 0 Å². The molecule has 0 spiro atoms. The molecule has 2 rings (SSSR count). The lowest BCUT2D eigenvalue weighted by Gasteiger charge is -2.25. The third-order valence-corrected chi connectivity index (χ3v) is 3.52. The molecule has 0 aliphatic carbocycles. The van der Waals surface area contributed by atoms with Gasteiger partial charge in [-0.15, -0.1) is 0 Å². The molecule has 2 saturated heterocycles. The third-order valence-electron chi connectivity index (χ3n) is 3.52. The molecular weight excluding hydrogens is 222 g/mol. The zero-order valence-electron chi connectivity index (χ0n) is 10.3. The van der Waals surface area contributed by atoms with Crippen molar-refractivity contribution in [1.82, 2.24) is 4.90 Å². The molecule has 0 radical (unpaired) electrons. The molecule has 5 nitrogen and oxygen atoms in total. The Morgan fingerprint density at radius 1 is 1.29 bits per heavy atom. The van der Waals surface area contributed by atoms with Gasteiger partial charge >= 0.3 is 5.97 Å². The summed E-state index contributed by atoms with van der Waals surface area (Å²) in [5, 5.41) is 0. The van der Waals surface area contributed by atoms with E-state index in [2.05, 4.69) is 0 Å². The summed E-state index contributed by atoms with van der Waals surface area (Å²) in [7, 11) is 1.36. The van der Waals surface area contributed by atoms with Crippen LogP contribution in [0.15, 0.2) is 0 Å². The summed E-state index contributed by atoms with van der Waals surface area (Å²) >= 11 is 0. The first kappa shape index (κ1) is 12.4. The number of hydrogen-bond acceptors (Lipinski definition) is 4. The normalized spacial score (nSPS) is 32.8. The van der Waals surface area contributed by atoms with Crippen molar-refractivity contribution >= 4 is 11.9 Å². The first-order chi connectivity index (χ1) is 8.13. The molecule has 5 heteroatoms. The first-order valence-corrected chi connectivity index (χ1v) is 6.17. The summed E-state index contributed by atoms with van der Waals surface area (Å²) in [6, 6.07) is -0.410. The topological polar surface area (TPSA) is 55.8 Å². The molecule has 0 aromatic heterocycles. The van der Waals surface area contributed by atoms with E-state index in [9.17, 15) is 9.59 Å². The van der Waals surface area contributed by atoms with Crippen molar-refractivity contribution in [2.24, 2.45) is 0 Å². The van der Waals surface area contributed by atoms with Crippen molar-refractivity contribution in [2.75, 3.05) is 13.7 Å².